The molecule has 0 aromatic heterocycles. The van der Waals surface area contributed by atoms with Crippen LogP contribution in [0.5, 0.6) is 0 Å². The van der Waals surface area contributed by atoms with Gasteiger partial charge >= 0.3 is 0 Å². The summed E-state index contributed by atoms with van der Waals surface area (Å²) in [5.74, 6) is 0. The molecule has 1 N–H and O–H groups in total. The zero-order chi connectivity index (χ0) is 12.3. The third-order valence-electron chi connectivity index (χ3n) is 3.95. The molecule has 1 aliphatic carbocycles. The van der Waals surface area contributed by atoms with Gasteiger partial charge in [0, 0.05) is 12.8 Å². The van der Waals surface area contributed by atoms with Crippen LogP contribution < -0.4 is 5.32 Å². The van der Waals surface area contributed by atoms with Crippen molar-refractivity contribution in [3.05, 3.63) is 29.3 Å². The Labute approximate surface area is 104 Å². The Balaban J connectivity index is 2.11. The molecule has 2 rings (SSSR count). The number of anilines is 1. The molecule has 0 saturated heterocycles. The summed E-state index contributed by atoms with van der Waals surface area (Å²) in [6.07, 6.45) is 5.36. The maximum Gasteiger partial charge on any atom is 0.0772 e. The van der Waals surface area contributed by atoms with Crippen molar-refractivity contribution in [1.29, 1.82) is 0 Å². The minimum absolute atomic E-state index is 0.365. The number of benzene rings is 1. The molecule has 1 aliphatic rings. The summed E-state index contributed by atoms with van der Waals surface area (Å²) >= 11 is 0. The Morgan fingerprint density at radius 3 is 2.71 bits per heavy atom. The van der Waals surface area contributed by atoms with Gasteiger partial charge in [-0.2, -0.15) is 0 Å². The fourth-order valence-electron chi connectivity index (χ4n) is 2.65. The topological polar surface area (TPSA) is 21.3 Å². The fourth-order valence-corrected chi connectivity index (χ4v) is 2.65. The highest BCUT2D eigenvalue weighted by Gasteiger charge is 2.24. The van der Waals surface area contributed by atoms with E-state index in [4.69, 9.17) is 4.74 Å². The van der Waals surface area contributed by atoms with Gasteiger partial charge in [0.05, 0.1) is 12.1 Å². The Hall–Kier alpha value is -1.02. The summed E-state index contributed by atoms with van der Waals surface area (Å²) in [5.41, 5.74) is 3.96. The first-order valence-corrected chi connectivity index (χ1v) is 6.58. The van der Waals surface area contributed by atoms with Crippen LogP contribution in [0.2, 0.25) is 0 Å². The third-order valence-corrected chi connectivity index (χ3v) is 3.95. The Morgan fingerprint density at radius 1 is 1.18 bits per heavy atom. The van der Waals surface area contributed by atoms with Gasteiger partial charge in [-0.3, -0.25) is 0 Å². The smallest absolute Gasteiger partial charge is 0.0772 e. The number of hydrogen-bond acceptors (Lipinski definition) is 2. The Morgan fingerprint density at radius 2 is 1.94 bits per heavy atom. The van der Waals surface area contributed by atoms with E-state index in [0.29, 0.717) is 12.1 Å². The predicted molar refractivity (Wildman–Crippen MR) is 72.6 cm³/mol. The van der Waals surface area contributed by atoms with Gasteiger partial charge in [-0.15, -0.1) is 0 Å². The van der Waals surface area contributed by atoms with Crippen molar-refractivity contribution in [2.24, 2.45) is 0 Å². The second-order valence-electron chi connectivity index (χ2n) is 5.06. The molecule has 1 saturated carbocycles. The standard InChI is InChI=1S/C15H23NO/c1-11-7-6-9-13(12(11)2)16-14-8-4-5-10-15(14)17-3/h6-7,9,14-16H,4-5,8,10H2,1-3H3. The minimum atomic E-state index is 0.365. The van der Waals surface area contributed by atoms with E-state index in [-0.39, 0.29) is 0 Å². The van der Waals surface area contributed by atoms with Crippen LogP contribution >= 0.6 is 0 Å². The number of methoxy groups -OCH3 is 1. The lowest BCUT2D eigenvalue weighted by atomic mass is 9.92. The van der Waals surface area contributed by atoms with E-state index in [2.05, 4.69) is 37.4 Å². The molecule has 0 radical (unpaired) electrons. The molecule has 0 amide bonds. The largest absolute Gasteiger partial charge is 0.379 e. The first-order valence-electron chi connectivity index (χ1n) is 6.58. The van der Waals surface area contributed by atoms with E-state index in [1.54, 1.807) is 0 Å². The van der Waals surface area contributed by atoms with Gasteiger partial charge < -0.3 is 10.1 Å². The minimum Gasteiger partial charge on any atom is -0.379 e. The number of hydrogen-bond donors (Lipinski definition) is 1. The molecular formula is C15H23NO. The molecule has 0 spiro atoms. The molecule has 1 fully saturated rings. The predicted octanol–water partition coefficient (Wildman–Crippen LogP) is 3.67. The Bertz CT molecular complexity index is 375. The molecule has 0 bridgehead atoms. The van der Waals surface area contributed by atoms with Gasteiger partial charge in [0.25, 0.3) is 0 Å². The van der Waals surface area contributed by atoms with Crippen LogP contribution in [0.25, 0.3) is 0 Å². The molecule has 2 nitrogen and oxygen atoms in total. The van der Waals surface area contributed by atoms with E-state index >= 15 is 0 Å². The van der Waals surface area contributed by atoms with Gasteiger partial charge in [-0.25, -0.2) is 0 Å². The summed E-state index contributed by atoms with van der Waals surface area (Å²) < 4.78 is 5.58. The van der Waals surface area contributed by atoms with Crippen LogP contribution in [0, 0.1) is 13.8 Å². The number of rotatable bonds is 3. The van der Waals surface area contributed by atoms with Gasteiger partial charge in [-0.05, 0) is 43.9 Å². The van der Waals surface area contributed by atoms with Crippen LogP contribution in [0.4, 0.5) is 5.69 Å². The number of ether oxygens (including phenoxy) is 1. The number of aryl methyl sites for hydroxylation is 1. The van der Waals surface area contributed by atoms with Gasteiger partial charge in [0.15, 0.2) is 0 Å². The first kappa shape index (κ1) is 12.4. The SMILES string of the molecule is COC1CCCCC1Nc1cccc(C)c1C. The molecule has 0 aliphatic heterocycles. The molecule has 2 unspecified atom stereocenters. The first-order chi connectivity index (χ1) is 8.22. The van der Waals surface area contributed by atoms with E-state index in [1.165, 1.54) is 42.5 Å². The quantitative estimate of drug-likeness (QED) is 0.860. The van der Waals surface area contributed by atoms with Crippen LogP contribution in [0.3, 0.4) is 0 Å². The Kier molecular flexibility index (Phi) is 4.06. The summed E-state index contributed by atoms with van der Waals surface area (Å²) in [5, 5.41) is 3.67. The lowest BCUT2D eigenvalue weighted by Crippen LogP contribution is -2.37. The number of nitrogens with one attached hydrogen (secondary N) is 1. The molecule has 0 heterocycles. The molecule has 1 aromatic carbocycles. The third kappa shape index (κ3) is 2.81. The molecule has 94 valence electrons. The van der Waals surface area contributed by atoms with Crippen LogP contribution in [-0.2, 0) is 4.74 Å². The molecule has 2 atom stereocenters. The fraction of sp³-hybridized carbons (Fsp3) is 0.600. The zero-order valence-electron chi connectivity index (χ0n) is 11.1. The summed E-state index contributed by atoms with van der Waals surface area (Å²) in [6, 6.07) is 6.92. The van der Waals surface area contributed by atoms with Crippen molar-refractivity contribution in [3.8, 4) is 0 Å². The van der Waals surface area contributed by atoms with Crippen molar-refractivity contribution >= 4 is 5.69 Å². The maximum absolute atomic E-state index is 5.58. The van der Waals surface area contributed by atoms with Crippen molar-refractivity contribution in [2.45, 2.75) is 51.7 Å². The average Bonchev–Trinajstić information content (AvgIpc) is 2.35. The highest BCUT2D eigenvalue weighted by atomic mass is 16.5. The second kappa shape index (κ2) is 5.54. The molecule has 17 heavy (non-hydrogen) atoms. The zero-order valence-corrected chi connectivity index (χ0v) is 11.1. The monoisotopic (exact) mass is 233 g/mol. The van der Waals surface area contributed by atoms with Crippen molar-refractivity contribution < 1.29 is 4.74 Å². The summed E-state index contributed by atoms with van der Waals surface area (Å²) in [4.78, 5) is 0. The van der Waals surface area contributed by atoms with E-state index in [9.17, 15) is 0 Å². The van der Waals surface area contributed by atoms with E-state index in [0.717, 1.165) is 0 Å². The molecular weight excluding hydrogens is 210 g/mol. The average molecular weight is 233 g/mol. The highest BCUT2D eigenvalue weighted by Crippen LogP contribution is 2.26. The molecule has 1 aromatic rings. The summed E-state index contributed by atoms with van der Waals surface area (Å²) in [7, 11) is 1.83. The van der Waals surface area contributed by atoms with Crippen LogP contribution in [0.1, 0.15) is 36.8 Å². The lowest BCUT2D eigenvalue weighted by Gasteiger charge is -2.32. The van der Waals surface area contributed by atoms with Gasteiger partial charge in [-0.1, -0.05) is 25.0 Å². The second-order valence-corrected chi connectivity index (χ2v) is 5.06. The normalized spacial score (nSPS) is 24.6. The maximum atomic E-state index is 5.58. The molecule has 2 heteroatoms. The van der Waals surface area contributed by atoms with Crippen molar-refractivity contribution in [2.75, 3.05) is 12.4 Å². The highest BCUT2D eigenvalue weighted by molar-refractivity contribution is 5.54. The summed E-state index contributed by atoms with van der Waals surface area (Å²) in [6.45, 7) is 4.34. The van der Waals surface area contributed by atoms with Gasteiger partial charge in [0.1, 0.15) is 0 Å². The van der Waals surface area contributed by atoms with Crippen LogP contribution in [-0.4, -0.2) is 19.3 Å². The lowest BCUT2D eigenvalue weighted by molar-refractivity contribution is 0.0606. The van der Waals surface area contributed by atoms with E-state index in [1.807, 2.05) is 7.11 Å². The van der Waals surface area contributed by atoms with Crippen molar-refractivity contribution in [1.82, 2.24) is 0 Å². The van der Waals surface area contributed by atoms with E-state index < -0.39 is 0 Å². The van der Waals surface area contributed by atoms with Crippen molar-refractivity contribution in [3.63, 3.8) is 0 Å². The van der Waals surface area contributed by atoms with Gasteiger partial charge in [0.2, 0.25) is 0 Å². The van der Waals surface area contributed by atoms with Crippen LogP contribution in [0.15, 0.2) is 18.2 Å².